The van der Waals surface area contributed by atoms with Gasteiger partial charge in [0.1, 0.15) is 5.82 Å². The smallest absolute Gasteiger partial charge is 0.223 e. The number of fused-ring (bicyclic) bond motifs is 1. The van der Waals surface area contributed by atoms with Crippen molar-refractivity contribution in [3.63, 3.8) is 0 Å². The van der Waals surface area contributed by atoms with Gasteiger partial charge in [-0.05, 0) is 43.0 Å². The van der Waals surface area contributed by atoms with Gasteiger partial charge in [0.2, 0.25) is 5.91 Å². The topological polar surface area (TPSA) is 44.9 Å². The first-order valence-corrected chi connectivity index (χ1v) is 6.27. The van der Waals surface area contributed by atoms with Crippen LogP contribution in [-0.2, 0) is 11.2 Å². The molecular weight excluding hydrogens is 231 g/mol. The van der Waals surface area contributed by atoms with Crippen molar-refractivity contribution < 1.29 is 9.18 Å². The van der Waals surface area contributed by atoms with E-state index in [4.69, 9.17) is 0 Å². The zero-order valence-electron chi connectivity index (χ0n) is 10.0. The summed E-state index contributed by atoms with van der Waals surface area (Å²) in [5.74, 6) is 0.164. The van der Waals surface area contributed by atoms with Gasteiger partial charge >= 0.3 is 0 Å². The van der Waals surface area contributed by atoms with E-state index in [2.05, 4.69) is 10.3 Å². The standard InChI is InChI=1S/C14H15FN2O/c15-11-3-4-13-12(7-11)10(8-17-13)5-6-16-14(18)9-1-2-9/h3-4,7-9,17H,1-2,5-6H2,(H,16,18). The highest BCUT2D eigenvalue weighted by atomic mass is 19.1. The van der Waals surface area contributed by atoms with Crippen LogP contribution in [0.25, 0.3) is 10.9 Å². The van der Waals surface area contributed by atoms with Crippen LogP contribution in [0, 0.1) is 11.7 Å². The number of hydrogen-bond donors (Lipinski definition) is 2. The second-order valence-electron chi connectivity index (χ2n) is 4.82. The first-order chi connectivity index (χ1) is 8.74. The molecule has 1 heterocycles. The number of nitrogens with one attached hydrogen (secondary N) is 2. The van der Waals surface area contributed by atoms with Gasteiger partial charge < -0.3 is 10.3 Å². The molecule has 1 fully saturated rings. The number of carbonyl (C=O) groups excluding carboxylic acids is 1. The Hall–Kier alpha value is -1.84. The monoisotopic (exact) mass is 246 g/mol. The predicted octanol–water partition coefficient (Wildman–Crippen LogP) is 2.38. The fourth-order valence-corrected chi connectivity index (χ4v) is 2.17. The quantitative estimate of drug-likeness (QED) is 0.854. The second-order valence-corrected chi connectivity index (χ2v) is 4.82. The minimum atomic E-state index is -0.231. The Labute approximate surface area is 104 Å². The van der Waals surface area contributed by atoms with Crippen molar-refractivity contribution in [3.8, 4) is 0 Å². The molecule has 0 spiro atoms. The van der Waals surface area contributed by atoms with Crippen molar-refractivity contribution in [2.24, 2.45) is 5.92 Å². The largest absolute Gasteiger partial charge is 0.361 e. The number of halogens is 1. The maximum absolute atomic E-state index is 13.2. The summed E-state index contributed by atoms with van der Waals surface area (Å²) in [6, 6.07) is 4.71. The van der Waals surface area contributed by atoms with Gasteiger partial charge in [0.25, 0.3) is 0 Å². The van der Waals surface area contributed by atoms with Crippen LogP contribution in [0.5, 0.6) is 0 Å². The van der Waals surface area contributed by atoms with Crippen molar-refractivity contribution in [1.29, 1.82) is 0 Å². The van der Waals surface area contributed by atoms with E-state index in [1.54, 1.807) is 6.07 Å². The Balaban J connectivity index is 1.66. The Kier molecular flexibility index (Phi) is 2.78. The van der Waals surface area contributed by atoms with E-state index in [0.717, 1.165) is 35.7 Å². The third-order valence-electron chi connectivity index (χ3n) is 3.37. The zero-order chi connectivity index (χ0) is 12.5. The van der Waals surface area contributed by atoms with Crippen LogP contribution in [0.15, 0.2) is 24.4 Å². The molecule has 1 aromatic carbocycles. The van der Waals surface area contributed by atoms with Gasteiger partial charge in [-0.3, -0.25) is 4.79 Å². The van der Waals surface area contributed by atoms with Crippen molar-refractivity contribution in [2.75, 3.05) is 6.54 Å². The third-order valence-corrected chi connectivity index (χ3v) is 3.37. The molecule has 1 aliphatic rings. The molecule has 3 rings (SSSR count). The van der Waals surface area contributed by atoms with Gasteiger partial charge in [-0.1, -0.05) is 0 Å². The molecule has 1 amide bonds. The van der Waals surface area contributed by atoms with Gasteiger partial charge in [-0.15, -0.1) is 0 Å². The van der Waals surface area contributed by atoms with Gasteiger partial charge in [0.15, 0.2) is 0 Å². The first kappa shape index (κ1) is 11.3. The van der Waals surface area contributed by atoms with Crippen LogP contribution in [0.2, 0.25) is 0 Å². The summed E-state index contributed by atoms with van der Waals surface area (Å²) in [6.45, 7) is 0.610. The number of rotatable bonds is 4. The van der Waals surface area contributed by atoms with E-state index in [1.807, 2.05) is 6.20 Å². The lowest BCUT2D eigenvalue weighted by atomic mass is 10.1. The Morgan fingerprint density at radius 2 is 2.28 bits per heavy atom. The summed E-state index contributed by atoms with van der Waals surface area (Å²) in [5, 5.41) is 3.81. The van der Waals surface area contributed by atoms with Crippen LogP contribution in [0.4, 0.5) is 4.39 Å². The highest BCUT2D eigenvalue weighted by Crippen LogP contribution is 2.28. The molecule has 94 valence electrons. The molecule has 2 N–H and O–H groups in total. The van der Waals surface area contributed by atoms with E-state index in [0.29, 0.717) is 6.54 Å². The highest BCUT2D eigenvalue weighted by molar-refractivity contribution is 5.83. The highest BCUT2D eigenvalue weighted by Gasteiger charge is 2.29. The summed E-state index contributed by atoms with van der Waals surface area (Å²) < 4.78 is 13.2. The minimum absolute atomic E-state index is 0.154. The Bertz CT molecular complexity index is 586. The SMILES string of the molecule is O=C(NCCc1c[nH]c2ccc(F)cc12)C1CC1. The molecule has 0 unspecified atom stereocenters. The second kappa shape index (κ2) is 4.44. The van der Waals surface area contributed by atoms with E-state index < -0.39 is 0 Å². The summed E-state index contributed by atoms with van der Waals surface area (Å²) in [4.78, 5) is 14.6. The summed E-state index contributed by atoms with van der Waals surface area (Å²) >= 11 is 0. The summed E-state index contributed by atoms with van der Waals surface area (Å²) in [5.41, 5.74) is 1.97. The van der Waals surface area contributed by atoms with Gasteiger partial charge in [-0.2, -0.15) is 0 Å². The number of amides is 1. The molecule has 0 saturated heterocycles. The fraction of sp³-hybridized carbons (Fsp3) is 0.357. The summed E-state index contributed by atoms with van der Waals surface area (Å²) in [7, 11) is 0. The minimum Gasteiger partial charge on any atom is -0.361 e. The molecule has 1 saturated carbocycles. The molecule has 2 aromatic rings. The molecular formula is C14H15FN2O. The maximum Gasteiger partial charge on any atom is 0.223 e. The maximum atomic E-state index is 13.2. The average molecular weight is 246 g/mol. The van der Waals surface area contributed by atoms with Crippen molar-refractivity contribution in [3.05, 3.63) is 35.8 Å². The number of carbonyl (C=O) groups is 1. The Morgan fingerprint density at radius 1 is 1.44 bits per heavy atom. The predicted molar refractivity (Wildman–Crippen MR) is 67.7 cm³/mol. The molecule has 1 aromatic heterocycles. The number of aromatic nitrogens is 1. The van der Waals surface area contributed by atoms with Crippen molar-refractivity contribution in [2.45, 2.75) is 19.3 Å². The van der Waals surface area contributed by atoms with Crippen molar-refractivity contribution >= 4 is 16.8 Å². The average Bonchev–Trinajstić information content (AvgIpc) is 3.13. The molecule has 0 bridgehead atoms. The first-order valence-electron chi connectivity index (χ1n) is 6.27. The van der Waals surface area contributed by atoms with Gasteiger partial charge in [-0.25, -0.2) is 4.39 Å². The van der Waals surface area contributed by atoms with Gasteiger partial charge in [0.05, 0.1) is 0 Å². The van der Waals surface area contributed by atoms with Crippen LogP contribution in [0.3, 0.4) is 0 Å². The molecule has 0 atom stereocenters. The molecule has 0 radical (unpaired) electrons. The van der Waals surface area contributed by atoms with Crippen LogP contribution >= 0.6 is 0 Å². The van der Waals surface area contributed by atoms with Gasteiger partial charge in [0, 0.05) is 29.6 Å². The lowest BCUT2D eigenvalue weighted by Crippen LogP contribution is -2.26. The Morgan fingerprint density at radius 3 is 3.06 bits per heavy atom. The molecule has 0 aliphatic heterocycles. The zero-order valence-corrected chi connectivity index (χ0v) is 10.0. The van der Waals surface area contributed by atoms with E-state index in [1.165, 1.54) is 12.1 Å². The van der Waals surface area contributed by atoms with Crippen LogP contribution in [0.1, 0.15) is 18.4 Å². The molecule has 18 heavy (non-hydrogen) atoms. The van der Waals surface area contributed by atoms with Crippen LogP contribution < -0.4 is 5.32 Å². The summed E-state index contributed by atoms with van der Waals surface area (Å²) in [6.07, 6.45) is 4.64. The molecule has 3 nitrogen and oxygen atoms in total. The lowest BCUT2D eigenvalue weighted by molar-refractivity contribution is -0.122. The van der Waals surface area contributed by atoms with E-state index in [9.17, 15) is 9.18 Å². The molecule has 1 aliphatic carbocycles. The van der Waals surface area contributed by atoms with E-state index >= 15 is 0 Å². The number of hydrogen-bond acceptors (Lipinski definition) is 1. The number of H-pyrrole nitrogens is 1. The fourth-order valence-electron chi connectivity index (χ4n) is 2.17. The molecule has 4 heteroatoms. The lowest BCUT2D eigenvalue weighted by Gasteiger charge is -2.03. The van der Waals surface area contributed by atoms with E-state index in [-0.39, 0.29) is 17.6 Å². The van der Waals surface area contributed by atoms with Crippen LogP contribution in [-0.4, -0.2) is 17.4 Å². The number of benzene rings is 1. The van der Waals surface area contributed by atoms with Crippen molar-refractivity contribution in [1.82, 2.24) is 10.3 Å². The number of aromatic amines is 1. The normalized spacial score (nSPS) is 14.9. The third kappa shape index (κ3) is 2.23.